The first-order valence-corrected chi connectivity index (χ1v) is 3.52. The van der Waals surface area contributed by atoms with Crippen LogP contribution in [0.5, 0.6) is 0 Å². The highest BCUT2D eigenvalue weighted by atomic mass is 35.5. The van der Waals surface area contributed by atoms with Gasteiger partial charge >= 0.3 is 5.97 Å². The van der Waals surface area contributed by atoms with Crippen molar-refractivity contribution in [2.75, 3.05) is 0 Å². The lowest BCUT2D eigenvalue weighted by atomic mass is 10.3. The average molecular weight is 210 g/mol. The molecule has 64 valence electrons. The van der Waals surface area contributed by atoms with E-state index in [1.807, 2.05) is 0 Å². The molecule has 0 radical (unpaired) electrons. The van der Waals surface area contributed by atoms with Gasteiger partial charge in [0.15, 0.2) is 11.5 Å². The lowest BCUT2D eigenvalue weighted by Gasteiger charge is -1.99. The van der Waals surface area contributed by atoms with Crippen molar-refractivity contribution in [1.29, 1.82) is 0 Å². The van der Waals surface area contributed by atoms with Gasteiger partial charge in [-0.05, 0) is 0 Å². The molecular formula is C6H2Cl2FNO2. The van der Waals surface area contributed by atoms with Gasteiger partial charge in [0, 0.05) is 6.20 Å². The fraction of sp³-hybridized carbons (Fsp3) is 0. The van der Waals surface area contributed by atoms with Gasteiger partial charge < -0.3 is 5.11 Å². The standard InChI is InChI=1S/C6H2Cl2FNO2/c7-2-1-10-5(6(11)12)4(9)3(2)8/h1H,(H,11,12). The Balaban J connectivity index is 3.36. The molecule has 3 nitrogen and oxygen atoms in total. The maximum absolute atomic E-state index is 12.9. The van der Waals surface area contributed by atoms with Gasteiger partial charge in [-0.2, -0.15) is 0 Å². The normalized spacial score (nSPS) is 9.92. The predicted octanol–water partition coefficient (Wildman–Crippen LogP) is 2.23. The summed E-state index contributed by atoms with van der Waals surface area (Å²) < 4.78 is 12.9. The van der Waals surface area contributed by atoms with Crippen LogP contribution < -0.4 is 0 Å². The highest BCUT2D eigenvalue weighted by Gasteiger charge is 2.17. The molecule has 0 aliphatic rings. The summed E-state index contributed by atoms with van der Waals surface area (Å²) in [7, 11) is 0. The Bertz CT molecular complexity index is 343. The van der Waals surface area contributed by atoms with Crippen LogP contribution in [-0.4, -0.2) is 16.1 Å². The number of hydrogen-bond donors (Lipinski definition) is 1. The maximum atomic E-state index is 12.9. The first kappa shape index (κ1) is 9.22. The van der Waals surface area contributed by atoms with Crippen LogP contribution in [0.4, 0.5) is 4.39 Å². The minimum atomic E-state index is -1.48. The van der Waals surface area contributed by atoms with Crippen molar-refractivity contribution in [3.05, 3.63) is 27.8 Å². The topological polar surface area (TPSA) is 50.2 Å². The molecule has 0 unspecified atom stereocenters. The summed E-state index contributed by atoms with van der Waals surface area (Å²) in [6.45, 7) is 0. The lowest BCUT2D eigenvalue weighted by molar-refractivity contribution is 0.0685. The van der Waals surface area contributed by atoms with E-state index in [4.69, 9.17) is 28.3 Å². The molecule has 0 atom stereocenters. The molecule has 0 aliphatic heterocycles. The van der Waals surface area contributed by atoms with E-state index < -0.39 is 22.5 Å². The van der Waals surface area contributed by atoms with E-state index in [9.17, 15) is 9.18 Å². The molecule has 1 heterocycles. The summed E-state index contributed by atoms with van der Waals surface area (Å²) in [6, 6.07) is 0. The van der Waals surface area contributed by atoms with Gasteiger partial charge in [-0.25, -0.2) is 14.2 Å². The van der Waals surface area contributed by atoms with E-state index in [0.717, 1.165) is 6.20 Å². The summed E-state index contributed by atoms with van der Waals surface area (Å²) >= 11 is 10.7. The molecule has 0 aliphatic carbocycles. The average Bonchev–Trinajstić information content (AvgIpc) is 2.00. The van der Waals surface area contributed by atoms with E-state index in [1.165, 1.54) is 0 Å². The first-order valence-electron chi connectivity index (χ1n) is 2.77. The van der Waals surface area contributed by atoms with Gasteiger partial charge in [0.1, 0.15) is 0 Å². The van der Waals surface area contributed by atoms with Crippen LogP contribution in [0.25, 0.3) is 0 Å². The molecule has 0 aromatic carbocycles. The molecule has 1 rings (SSSR count). The van der Waals surface area contributed by atoms with E-state index in [2.05, 4.69) is 4.98 Å². The third-order valence-corrected chi connectivity index (χ3v) is 1.87. The predicted molar refractivity (Wildman–Crippen MR) is 41.2 cm³/mol. The van der Waals surface area contributed by atoms with Crippen LogP contribution in [0.2, 0.25) is 10.0 Å². The van der Waals surface area contributed by atoms with Crippen LogP contribution >= 0.6 is 23.2 Å². The van der Waals surface area contributed by atoms with Gasteiger partial charge in [0.05, 0.1) is 10.0 Å². The molecule has 1 aromatic rings. The zero-order valence-corrected chi connectivity index (χ0v) is 7.03. The number of aromatic carboxylic acids is 1. The Labute approximate surface area is 76.7 Å². The number of hydrogen-bond acceptors (Lipinski definition) is 2. The molecule has 0 bridgehead atoms. The summed E-state index contributed by atoms with van der Waals surface area (Å²) in [4.78, 5) is 13.5. The number of carbonyl (C=O) groups is 1. The lowest BCUT2D eigenvalue weighted by Crippen LogP contribution is -2.04. The van der Waals surface area contributed by atoms with E-state index in [1.54, 1.807) is 0 Å². The van der Waals surface area contributed by atoms with Gasteiger partial charge in [0.25, 0.3) is 0 Å². The van der Waals surface area contributed by atoms with Crippen LogP contribution in [0, 0.1) is 5.82 Å². The van der Waals surface area contributed by atoms with Gasteiger partial charge in [-0.15, -0.1) is 0 Å². The Morgan fingerprint density at radius 2 is 2.17 bits per heavy atom. The zero-order chi connectivity index (χ0) is 9.30. The quantitative estimate of drug-likeness (QED) is 0.772. The minimum absolute atomic E-state index is 0.112. The molecule has 0 fully saturated rings. The SMILES string of the molecule is O=C(O)c1ncc(Cl)c(Cl)c1F. The second-order valence-electron chi connectivity index (χ2n) is 1.89. The van der Waals surface area contributed by atoms with Crippen LogP contribution in [0.15, 0.2) is 6.20 Å². The van der Waals surface area contributed by atoms with Gasteiger partial charge in [-0.1, -0.05) is 23.2 Å². The van der Waals surface area contributed by atoms with E-state index in [0.29, 0.717) is 0 Å². The molecular weight excluding hydrogens is 208 g/mol. The monoisotopic (exact) mass is 209 g/mol. The molecule has 0 saturated heterocycles. The largest absolute Gasteiger partial charge is 0.476 e. The maximum Gasteiger partial charge on any atom is 0.357 e. The smallest absolute Gasteiger partial charge is 0.357 e. The Morgan fingerprint density at radius 3 is 2.67 bits per heavy atom. The third-order valence-electron chi connectivity index (χ3n) is 1.12. The number of pyridine rings is 1. The highest BCUT2D eigenvalue weighted by molar-refractivity contribution is 6.42. The molecule has 1 N–H and O–H groups in total. The number of aromatic nitrogens is 1. The Kier molecular flexibility index (Phi) is 2.49. The molecule has 12 heavy (non-hydrogen) atoms. The fourth-order valence-electron chi connectivity index (χ4n) is 0.592. The number of carboxylic acids is 1. The minimum Gasteiger partial charge on any atom is -0.476 e. The third kappa shape index (κ3) is 1.49. The van der Waals surface area contributed by atoms with Crippen LogP contribution in [0.3, 0.4) is 0 Å². The summed E-state index contributed by atoms with van der Waals surface area (Å²) in [5, 5.41) is 7.84. The molecule has 0 spiro atoms. The number of rotatable bonds is 1. The van der Waals surface area contributed by atoms with Gasteiger partial charge in [0.2, 0.25) is 0 Å². The Hall–Kier alpha value is -0.870. The highest BCUT2D eigenvalue weighted by Crippen LogP contribution is 2.25. The van der Waals surface area contributed by atoms with Crippen LogP contribution in [-0.2, 0) is 0 Å². The zero-order valence-electron chi connectivity index (χ0n) is 5.51. The van der Waals surface area contributed by atoms with Gasteiger partial charge in [-0.3, -0.25) is 0 Å². The van der Waals surface area contributed by atoms with Crippen molar-refractivity contribution in [1.82, 2.24) is 4.98 Å². The molecule has 0 saturated carbocycles. The van der Waals surface area contributed by atoms with Crippen molar-refractivity contribution < 1.29 is 14.3 Å². The number of carboxylic acid groups (broad SMARTS) is 1. The molecule has 1 aromatic heterocycles. The second kappa shape index (κ2) is 3.25. The fourth-order valence-corrected chi connectivity index (χ4v) is 0.863. The molecule has 6 heteroatoms. The summed E-state index contributed by atoms with van der Waals surface area (Å²) in [5.41, 5.74) is -0.732. The van der Waals surface area contributed by atoms with Crippen molar-refractivity contribution in [3.8, 4) is 0 Å². The second-order valence-corrected chi connectivity index (χ2v) is 2.67. The summed E-state index contributed by atoms with van der Waals surface area (Å²) in [6.07, 6.45) is 0.983. The van der Waals surface area contributed by atoms with Crippen molar-refractivity contribution in [3.63, 3.8) is 0 Å². The number of nitrogens with zero attached hydrogens (tertiary/aromatic N) is 1. The Morgan fingerprint density at radius 1 is 1.58 bits per heavy atom. The van der Waals surface area contributed by atoms with E-state index >= 15 is 0 Å². The van der Waals surface area contributed by atoms with Crippen LogP contribution in [0.1, 0.15) is 10.5 Å². The van der Waals surface area contributed by atoms with Crippen molar-refractivity contribution in [2.24, 2.45) is 0 Å². The van der Waals surface area contributed by atoms with Crippen molar-refractivity contribution >= 4 is 29.2 Å². The molecule has 0 amide bonds. The van der Waals surface area contributed by atoms with Crippen molar-refractivity contribution in [2.45, 2.75) is 0 Å². The first-order chi connectivity index (χ1) is 5.54. The summed E-state index contributed by atoms with van der Waals surface area (Å²) in [5.74, 6) is -2.59. The number of halogens is 3. The van der Waals surface area contributed by atoms with E-state index in [-0.39, 0.29) is 5.02 Å².